The quantitative estimate of drug-likeness (QED) is 0.726. The number of aryl methyl sites for hydroxylation is 1. The number of hydrogen-bond acceptors (Lipinski definition) is 4. The first-order valence-electron chi connectivity index (χ1n) is 10.1. The van der Waals surface area contributed by atoms with E-state index in [0.29, 0.717) is 12.2 Å². The van der Waals surface area contributed by atoms with Crippen LogP contribution in [-0.2, 0) is 16.6 Å². The Bertz CT molecular complexity index is 1050. The molecule has 2 N–H and O–H groups in total. The Balaban J connectivity index is 1.53. The lowest BCUT2D eigenvalue weighted by molar-refractivity contribution is 0.0674. The summed E-state index contributed by atoms with van der Waals surface area (Å²) in [6.45, 7) is 3.33. The molecule has 2 aromatic rings. The summed E-state index contributed by atoms with van der Waals surface area (Å²) in [5, 5.41) is 1.72. The third-order valence-corrected chi connectivity index (χ3v) is 6.39. The van der Waals surface area contributed by atoms with E-state index in [1.54, 1.807) is 11.1 Å². The van der Waals surface area contributed by atoms with Crippen molar-refractivity contribution in [1.82, 2.24) is 10.4 Å². The van der Waals surface area contributed by atoms with Gasteiger partial charge in [0.15, 0.2) is 0 Å². The van der Waals surface area contributed by atoms with Crippen LogP contribution < -0.4 is 10.1 Å². The van der Waals surface area contributed by atoms with Gasteiger partial charge in [-0.3, -0.25) is 14.5 Å². The molecule has 1 fully saturated rings. The molecular formula is C22H27N3O3S. The van der Waals surface area contributed by atoms with E-state index in [4.69, 9.17) is 0 Å². The highest BCUT2D eigenvalue weighted by Gasteiger charge is 2.30. The zero-order valence-electron chi connectivity index (χ0n) is 16.9. The first-order chi connectivity index (χ1) is 13.8. The molecule has 0 atom stereocenters. The fraction of sp³-hybridized carbons (Fsp3) is 0.409. The van der Waals surface area contributed by atoms with Gasteiger partial charge in [0, 0.05) is 17.8 Å². The second kappa shape index (κ2) is 7.80. The zero-order valence-corrected chi connectivity index (χ0v) is 17.7. The average molecular weight is 414 g/mol. The molecule has 2 aliphatic rings. The van der Waals surface area contributed by atoms with Gasteiger partial charge in [-0.2, -0.15) is 0 Å². The number of nitrogens with one attached hydrogen (secondary N) is 2. The van der Waals surface area contributed by atoms with Crippen LogP contribution in [0, 0.1) is 12.8 Å². The maximum absolute atomic E-state index is 12.8. The number of hydrogen-bond donors (Lipinski definition) is 2. The molecule has 0 saturated heterocycles. The SMILES string of the molecule is Cc1cc(-c2cccc(NS(C)(=O)=O)c2)cc2c1C(=O)N(NCCC1CCC1)C2. The van der Waals surface area contributed by atoms with E-state index >= 15 is 0 Å². The van der Waals surface area contributed by atoms with Crippen molar-refractivity contribution in [2.45, 2.75) is 39.2 Å². The Labute approximate surface area is 172 Å². The normalized spacial score (nSPS) is 16.6. The number of fused-ring (bicyclic) bond motifs is 1. The molecule has 1 heterocycles. The largest absolute Gasteiger partial charge is 0.284 e. The number of benzene rings is 2. The lowest BCUT2D eigenvalue weighted by Crippen LogP contribution is -2.39. The summed E-state index contributed by atoms with van der Waals surface area (Å²) in [5.74, 6) is 0.842. The number of amides is 1. The molecule has 29 heavy (non-hydrogen) atoms. The first kappa shape index (κ1) is 19.9. The van der Waals surface area contributed by atoms with Gasteiger partial charge >= 0.3 is 0 Å². The molecule has 2 aromatic carbocycles. The first-order valence-corrected chi connectivity index (χ1v) is 12.0. The molecule has 0 aromatic heterocycles. The predicted molar refractivity (Wildman–Crippen MR) is 115 cm³/mol. The highest BCUT2D eigenvalue weighted by Crippen LogP contribution is 2.32. The zero-order chi connectivity index (χ0) is 20.6. The Hall–Kier alpha value is -2.38. The van der Waals surface area contributed by atoms with E-state index < -0.39 is 10.0 Å². The number of sulfonamides is 1. The molecule has 6 nitrogen and oxygen atoms in total. The van der Waals surface area contributed by atoms with Gasteiger partial charge < -0.3 is 0 Å². The topological polar surface area (TPSA) is 78.5 Å². The maximum atomic E-state index is 12.8. The van der Waals surface area contributed by atoms with Gasteiger partial charge in [0.2, 0.25) is 10.0 Å². The van der Waals surface area contributed by atoms with Gasteiger partial charge in [-0.1, -0.05) is 37.5 Å². The van der Waals surface area contributed by atoms with Crippen LogP contribution in [-0.4, -0.2) is 32.1 Å². The van der Waals surface area contributed by atoms with E-state index in [2.05, 4.69) is 10.1 Å². The number of hydrazine groups is 1. The fourth-order valence-corrected chi connectivity index (χ4v) is 4.68. The summed E-state index contributed by atoms with van der Waals surface area (Å²) >= 11 is 0. The Morgan fingerprint density at radius 3 is 2.62 bits per heavy atom. The Morgan fingerprint density at radius 2 is 1.93 bits per heavy atom. The van der Waals surface area contributed by atoms with Crippen molar-refractivity contribution in [1.29, 1.82) is 0 Å². The van der Waals surface area contributed by atoms with Crippen LogP contribution in [0.3, 0.4) is 0 Å². The number of carbonyl (C=O) groups is 1. The Kier molecular flexibility index (Phi) is 5.36. The summed E-state index contributed by atoms with van der Waals surface area (Å²) in [5.41, 5.74) is 8.43. The molecule has 7 heteroatoms. The molecular weight excluding hydrogens is 386 g/mol. The third kappa shape index (κ3) is 4.46. The van der Waals surface area contributed by atoms with Crippen molar-refractivity contribution in [3.8, 4) is 11.1 Å². The third-order valence-electron chi connectivity index (χ3n) is 5.78. The van der Waals surface area contributed by atoms with Gasteiger partial charge in [0.25, 0.3) is 5.91 Å². The highest BCUT2D eigenvalue weighted by molar-refractivity contribution is 7.92. The highest BCUT2D eigenvalue weighted by atomic mass is 32.2. The van der Waals surface area contributed by atoms with Gasteiger partial charge in [0.1, 0.15) is 0 Å². The monoisotopic (exact) mass is 413 g/mol. The second-order valence-electron chi connectivity index (χ2n) is 8.17. The van der Waals surface area contributed by atoms with Crippen LogP contribution in [0.5, 0.6) is 0 Å². The molecule has 154 valence electrons. The second-order valence-corrected chi connectivity index (χ2v) is 9.92. The lowest BCUT2D eigenvalue weighted by atomic mass is 9.83. The smallest absolute Gasteiger partial charge is 0.268 e. The van der Waals surface area contributed by atoms with Crippen LogP contribution in [0.15, 0.2) is 36.4 Å². The fourth-order valence-electron chi connectivity index (χ4n) is 4.12. The minimum Gasteiger partial charge on any atom is -0.284 e. The summed E-state index contributed by atoms with van der Waals surface area (Å²) in [4.78, 5) is 12.8. The molecule has 4 rings (SSSR count). The van der Waals surface area contributed by atoms with Crippen molar-refractivity contribution in [2.24, 2.45) is 5.92 Å². The maximum Gasteiger partial charge on any atom is 0.268 e. The number of carbonyl (C=O) groups excluding carboxylic acids is 1. The van der Waals surface area contributed by atoms with Gasteiger partial charge in [-0.25, -0.2) is 13.8 Å². The van der Waals surface area contributed by atoms with Crippen LogP contribution in [0.25, 0.3) is 11.1 Å². The van der Waals surface area contributed by atoms with Crippen molar-refractivity contribution >= 4 is 21.6 Å². The van der Waals surface area contributed by atoms with Gasteiger partial charge in [-0.15, -0.1) is 0 Å². The number of nitrogens with zero attached hydrogens (tertiary/aromatic N) is 1. The van der Waals surface area contributed by atoms with Crippen LogP contribution in [0.4, 0.5) is 5.69 Å². The molecule has 1 amide bonds. The van der Waals surface area contributed by atoms with E-state index in [9.17, 15) is 13.2 Å². The van der Waals surface area contributed by atoms with Crippen LogP contribution in [0.2, 0.25) is 0 Å². The molecule has 1 saturated carbocycles. The standard InChI is InChI=1S/C22H27N3O3S/c1-15-11-18(17-7-4-8-20(13-17)24-29(2,27)28)12-19-14-25(22(26)21(15)19)23-10-9-16-5-3-6-16/h4,7-8,11-13,16,23-24H,3,5-6,9-10,14H2,1-2H3. The van der Waals surface area contributed by atoms with Crippen LogP contribution >= 0.6 is 0 Å². The average Bonchev–Trinajstić information content (AvgIpc) is 2.92. The molecule has 0 radical (unpaired) electrons. The van der Waals surface area contributed by atoms with Crippen molar-refractivity contribution < 1.29 is 13.2 Å². The van der Waals surface area contributed by atoms with Crippen molar-refractivity contribution in [3.63, 3.8) is 0 Å². The molecule has 1 aliphatic carbocycles. The summed E-state index contributed by atoms with van der Waals surface area (Å²) < 4.78 is 25.6. The lowest BCUT2D eigenvalue weighted by Gasteiger charge is -2.26. The summed E-state index contributed by atoms with van der Waals surface area (Å²) in [7, 11) is -3.33. The van der Waals surface area contributed by atoms with E-state index in [0.717, 1.165) is 53.0 Å². The van der Waals surface area contributed by atoms with E-state index in [1.807, 2.05) is 37.3 Å². The minimum atomic E-state index is -3.33. The van der Waals surface area contributed by atoms with Crippen LogP contribution in [0.1, 0.15) is 47.2 Å². The number of rotatable bonds is 7. The van der Waals surface area contributed by atoms with E-state index in [-0.39, 0.29) is 5.91 Å². The van der Waals surface area contributed by atoms with Gasteiger partial charge in [-0.05, 0) is 59.7 Å². The molecule has 0 unspecified atom stereocenters. The predicted octanol–water partition coefficient (Wildman–Crippen LogP) is 3.68. The Morgan fingerprint density at radius 1 is 1.14 bits per heavy atom. The molecule has 1 aliphatic heterocycles. The van der Waals surface area contributed by atoms with Gasteiger partial charge in [0.05, 0.1) is 12.8 Å². The summed E-state index contributed by atoms with van der Waals surface area (Å²) in [6.07, 6.45) is 6.21. The molecule has 0 bridgehead atoms. The van der Waals surface area contributed by atoms with Crippen molar-refractivity contribution in [3.05, 3.63) is 53.1 Å². The molecule has 0 spiro atoms. The number of anilines is 1. The summed E-state index contributed by atoms with van der Waals surface area (Å²) in [6, 6.07) is 11.3. The van der Waals surface area contributed by atoms with Crippen molar-refractivity contribution in [2.75, 3.05) is 17.5 Å². The minimum absolute atomic E-state index is 0.0325. The van der Waals surface area contributed by atoms with E-state index in [1.165, 1.54) is 19.3 Å².